The molecule has 16 heavy (non-hydrogen) atoms. The van der Waals surface area contributed by atoms with Gasteiger partial charge in [-0.15, -0.1) is 0 Å². The van der Waals surface area contributed by atoms with Gasteiger partial charge in [-0.05, 0) is 38.1 Å². The van der Waals surface area contributed by atoms with E-state index < -0.39 is 0 Å². The molecule has 0 spiro atoms. The fourth-order valence-electron chi connectivity index (χ4n) is 1.65. The van der Waals surface area contributed by atoms with Crippen molar-refractivity contribution in [1.29, 1.82) is 0 Å². The molecule has 2 rings (SSSR count). The summed E-state index contributed by atoms with van der Waals surface area (Å²) >= 11 is 0. The molecule has 2 N–H and O–H groups in total. The first-order valence-electron chi connectivity index (χ1n) is 6.24. The lowest BCUT2D eigenvalue weighted by Crippen LogP contribution is -2.35. The number of hydrogen-bond acceptors (Lipinski definition) is 3. The maximum absolute atomic E-state index is 3.99. The summed E-state index contributed by atoms with van der Waals surface area (Å²) in [6, 6.07) is 4.66. The van der Waals surface area contributed by atoms with Crippen LogP contribution in [0.5, 0.6) is 0 Å². The summed E-state index contributed by atoms with van der Waals surface area (Å²) in [4.78, 5) is 3.99. The number of rotatable bonds is 2. The third-order valence-corrected chi connectivity index (χ3v) is 2.39. The Morgan fingerprint density at radius 1 is 1.25 bits per heavy atom. The van der Waals surface area contributed by atoms with E-state index in [4.69, 9.17) is 0 Å². The minimum atomic E-state index is 0.628. The highest BCUT2D eigenvalue weighted by atomic mass is 15.0. The number of nitrogens with zero attached hydrogens (tertiary/aromatic N) is 1. The van der Waals surface area contributed by atoms with Gasteiger partial charge < -0.3 is 10.6 Å². The Balaban J connectivity index is 0.000000386. The second kappa shape index (κ2) is 8.11. The van der Waals surface area contributed by atoms with Gasteiger partial charge >= 0.3 is 0 Å². The molecule has 0 unspecified atom stereocenters. The number of nitrogens with one attached hydrogen (secondary N) is 2. The minimum Gasteiger partial charge on any atom is -0.382 e. The maximum Gasteiger partial charge on any atom is 0.0373 e. The number of pyridine rings is 1. The molecular weight excluding hydrogens is 198 g/mol. The Morgan fingerprint density at radius 2 is 1.81 bits per heavy atom. The molecule has 0 radical (unpaired) electrons. The SMILES string of the molecule is CCC.c1cc(NC2CCNCC2)ccn1. The topological polar surface area (TPSA) is 37.0 Å². The van der Waals surface area contributed by atoms with Crippen LogP contribution in [0.15, 0.2) is 24.5 Å². The van der Waals surface area contributed by atoms with Crippen molar-refractivity contribution < 1.29 is 0 Å². The highest BCUT2D eigenvalue weighted by Crippen LogP contribution is 2.11. The Hall–Kier alpha value is -1.09. The number of piperidine rings is 1. The van der Waals surface area contributed by atoms with Crippen LogP contribution in [-0.4, -0.2) is 24.1 Å². The summed E-state index contributed by atoms with van der Waals surface area (Å²) in [6.07, 6.45) is 7.32. The molecule has 0 bridgehead atoms. The van der Waals surface area contributed by atoms with Gasteiger partial charge in [-0.25, -0.2) is 0 Å². The van der Waals surface area contributed by atoms with Crippen molar-refractivity contribution in [1.82, 2.24) is 10.3 Å². The minimum absolute atomic E-state index is 0.628. The zero-order chi connectivity index (χ0) is 11.6. The quantitative estimate of drug-likeness (QED) is 0.806. The van der Waals surface area contributed by atoms with Gasteiger partial charge in [0, 0.05) is 24.1 Å². The molecule has 0 amide bonds. The molecule has 1 aliphatic rings. The van der Waals surface area contributed by atoms with Crippen LogP contribution >= 0.6 is 0 Å². The molecule has 2 heterocycles. The summed E-state index contributed by atoms with van der Waals surface area (Å²) in [5.41, 5.74) is 1.18. The molecule has 0 saturated carbocycles. The molecule has 0 aliphatic carbocycles. The average molecular weight is 221 g/mol. The first-order valence-corrected chi connectivity index (χ1v) is 6.24. The van der Waals surface area contributed by atoms with Crippen molar-refractivity contribution in [2.75, 3.05) is 18.4 Å². The van der Waals surface area contributed by atoms with Crippen molar-refractivity contribution in [3.8, 4) is 0 Å². The van der Waals surface area contributed by atoms with Crippen molar-refractivity contribution in [2.45, 2.75) is 39.2 Å². The number of anilines is 1. The molecule has 3 heteroatoms. The van der Waals surface area contributed by atoms with E-state index in [1.165, 1.54) is 24.9 Å². The van der Waals surface area contributed by atoms with E-state index in [0.29, 0.717) is 6.04 Å². The van der Waals surface area contributed by atoms with Gasteiger partial charge in [0.05, 0.1) is 0 Å². The Bertz CT molecular complexity index is 255. The third kappa shape index (κ3) is 5.12. The van der Waals surface area contributed by atoms with Crippen molar-refractivity contribution in [2.24, 2.45) is 0 Å². The smallest absolute Gasteiger partial charge is 0.0373 e. The summed E-state index contributed by atoms with van der Waals surface area (Å²) in [5.74, 6) is 0. The van der Waals surface area contributed by atoms with Gasteiger partial charge in [-0.2, -0.15) is 0 Å². The van der Waals surface area contributed by atoms with Gasteiger partial charge in [0.1, 0.15) is 0 Å². The lowest BCUT2D eigenvalue weighted by molar-refractivity contribution is 0.479. The number of aromatic nitrogens is 1. The lowest BCUT2D eigenvalue weighted by atomic mass is 10.1. The van der Waals surface area contributed by atoms with Gasteiger partial charge in [0.2, 0.25) is 0 Å². The largest absolute Gasteiger partial charge is 0.382 e. The van der Waals surface area contributed by atoms with Gasteiger partial charge in [-0.1, -0.05) is 20.3 Å². The fraction of sp³-hybridized carbons (Fsp3) is 0.615. The summed E-state index contributed by atoms with van der Waals surface area (Å²) in [6.45, 7) is 6.51. The first kappa shape index (κ1) is 13.0. The first-order chi connectivity index (χ1) is 7.86. The summed E-state index contributed by atoms with van der Waals surface area (Å²) in [5, 5.41) is 6.85. The molecule has 90 valence electrons. The Morgan fingerprint density at radius 3 is 2.38 bits per heavy atom. The lowest BCUT2D eigenvalue weighted by Gasteiger charge is -2.24. The van der Waals surface area contributed by atoms with E-state index >= 15 is 0 Å². The predicted octanol–water partition coefficient (Wildman–Crippen LogP) is 2.66. The van der Waals surface area contributed by atoms with E-state index in [1.807, 2.05) is 24.5 Å². The van der Waals surface area contributed by atoms with E-state index in [-0.39, 0.29) is 0 Å². The van der Waals surface area contributed by atoms with Crippen LogP contribution in [0.2, 0.25) is 0 Å². The molecule has 1 fully saturated rings. The second-order valence-corrected chi connectivity index (χ2v) is 4.11. The Labute approximate surface area is 98.7 Å². The maximum atomic E-state index is 3.99. The van der Waals surface area contributed by atoms with Gasteiger partial charge in [0.15, 0.2) is 0 Å². The van der Waals surface area contributed by atoms with Crippen LogP contribution in [0.25, 0.3) is 0 Å². The predicted molar refractivity (Wildman–Crippen MR) is 69.7 cm³/mol. The summed E-state index contributed by atoms with van der Waals surface area (Å²) in [7, 11) is 0. The molecule has 3 nitrogen and oxygen atoms in total. The van der Waals surface area contributed by atoms with Crippen LogP contribution < -0.4 is 10.6 Å². The zero-order valence-electron chi connectivity index (χ0n) is 10.4. The highest BCUT2D eigenvalue weighted by Gasteiger charge is 2.11. The molecule has 0 atom stereocenters. The number of hydrogen-bond donors (Lipinski definition) is 2. The van der Waals surface area contributed by atoms with Gasteiger partial charge in [0.25, 0.3) is 0 Å². The van der Waals surface area contributed by atoms with Crippen LogP contribution in [0.4, 0.5) is 5.69 Å². The fourth-order valence-corrected chi connectivity index (χ4v) is 1.65. The zero-order valence-corrected chi connectivity index (χ0v) is 10.4. The molecule has 1 aliphatic heterocycles. The monoisotopic (exact) mass is 221 g/mol. The van der Waals surface area contributed by atoms with Crippen molar-refractivity contribution in [3.05, 3.63) is 24.5 Å². The van der Waals surface area contributed by atoms with Crippen LogP contribution in [-0.2, 0) is 0 Å². The normalized spacial score (nSPS) is 16.1. The van der Waals surface area contributed by atoms with Gasteiger partial charge in [-0.3, -0.25) is 4.98 Å². The van der Waals surface area contributed by atoms with E-state index in [9.17, 15) is 0 Å². The molecule has 0 aromatic carbocycles. The molecule has 1 aromatic heterocycles. The van der Waals surface area contributed by atoms with Crippen LogP contribution in [0, 0.1) is 0 Å². The third-order valence-electron chi connectivity index (χ3n) is 2.39. The Kier molecular flexibility index (Phi) is 6.58. The van der Waals surface area contributed by atoms with E-state index in [1.54, 1.807) is 0 Å². The second-order valence-electron chi connectivity index (χ2n) is 4.11. The average Bonchev–Trinajstić information content (AvgIpc) is 2.33. The van der Waals surface area contributed by atoms with Crippen molar-refractivity contribution in [3.63, 3.8) is 0 Å². The van der Waals surface area contributed by atoms with Crippen LogP contribution in [0.3, 0.4) is 0 Å². The summed E-state index contributed by atoms with van der Waals surface area (Å²) < 4.78 is 0. The van der Waals surface area contributed by atoms with E-state index in [0.717, 1.165) is 13.1 Å². The molecule has 1 saturated heterocycles. The van der Waals surface area contributed by atoms with E-state index in [2.05, 4.69) is 29.5 Å². The highest BCUT2D eigenvalue weighted by molar-refractivity contribution is 5.41. The standard InChI is InChI=1S/C10H15N3.C3H8/c1-5-11-6-2-9(1)13-10-3-7-12-8-4-10;1-3-2/h1-2,5-6,10,12H,3-4,7-8H2,(H,11,13);3H2,1-2H3. The van der Waals surface area contributed by atoms with Crippen LogP contribution in [0.1, 0.15) is 33.1 Å². The molecule has 1 aromatic rings. The molecular formula is C13H23N3. The van der Waals surface area contributed by atoms with Crippen molar-refractivity contribution >= 4 is 5.69 Å².